The number of pyridine rings is 1. The lowest BCUT2D eigenvalue weighted by Gasteiger charge is -2.09. The number of para-hydroxylation sites is 1. The Morgan fingerprint density at radius 1 is 1.25 bits per heavy atom. The molecule has 0 aliphatic heterocycles. The molecule has 0 aliphatic rings. The number of nitrogens with zero attached hydrogens (tertiary/aromatic N) is 1. The maximum Gasteiger partial charge on any atom is 0.202 e. The number of aryl methyl sites for hydroxylation is 1. The van der Waals surface area contributed by atoms with Crippen LogP contribution in [0, 0.1) is 0 Å². The molecule has 0 radical (unpaired) electrons. The van der Waals surface area contributed by atoms with Crippen LogP contribution in [0.3, 0.4) is 0 Å². The molecule has 0 N–H and O–H groups in total. The summed E-state index contributed by atoms with van der Waals surface area (Å²) in [6.45, 7) is 4.19. The highest BCUT2D eigenvalue weighted by atomic mass is 32.2. The SMILES string of the molecule is CC(C)Sc1cn(C)c2ccccc2c1=O. The molecule has 1 aromatic carbocycles. The van der Waals surface area contributed by atoms with Crippen LogP contribution in [0.25, 0.3) is 10.9 Å². The first-order valence-corrected chi connectivity index (χ1v) is 6.22. The fraction of sp³-hybridized carbons (Fsp3) is 0.308. The van der Waals surface area contributed by atoms with Gasteiger partial charge >= 0.3 is 0 Å². The lowest BCUT2D eigenvalue weighted by Crippen LogP contribution is -2.10. The van der Waals surface area contributed by atoms with Gasteiger partial charge in [0.25, 0.3) is 0 Å². The van der Waals surface area contributed by atoms with E-state index in [1.54, 1.807) is 11.8 Å². The van der Waals surface area contributed by atoms with E-state index in [-0.39, 0.29) is 5.43 Å². The predicted octanol–water partition coefficient (Wildman–Crippen LogP) is 3.04. The van der Waals surface area contributed by atoms with Crippen LogP contribution in [-0.4, -0.2) is 9.82 Å². The molecule has 2 rings (SSSR count). The molecule has 16 heavy (non-hydrogen) atoms. The van der Waals surface area contributed by atoms with E-state index in [0.29, 0.717) is 5.25 Å². The summed E-state index contributed by atoms with van der Waals surface area (Å²) in [5.41, 5.74) is 1.13. The molecule has 1 heterocycles. The van der Waals surface area contributed by atoms with Crippen molar-refractivity contribution in [2.75, 3.05) is 0 Å². The zero-order valence-electron chi connectivity index (χ0n) is 9.73. The van der Waals surface area contributed by atoms with Crippen LogP contribution in [-0.2, 0) is 7.05 Å². The van der Waals surface area contributed by atoms with Crippen molar-refractivity contribution < 1.29 is 0 Å². The normalized spacial score (nSPS) is 11.2. The number of aromatic nitrogens is 1. The monoisotopic (exact) mass is 233 g/mol. The summed E-state index contributed by atoms with van der Waals surface area (Å²) >= 11 is 1.62. The first-order valence-electron chi connectivity index (χ1n) is 5.34. The summed E-state index contributed by atoms with van der Waals surface area (Å²) in [4.78, 5) is 13.0. The molecular weight excluding hydrogens is 218 g/mol. The molecule has 0 unspecified atom stereocenters. The minimum Gasteiger partial charge on any atom is -0.349 e. The van der Waals surface area contributed by atoms with E-state index in [4.69, 9.17) is 0 Å². The van der Waals surface area contributed by atoms with Gasteiger partial charge in [0, 0.05) is 23.9 Å². The molecule has 0 fully saturated rings. The number of hydrogen-bond donors (Lipinski definition) is 0. The van der Waals surface area contributed by atoms with Crippen molar-refractivity contribution >= 4 is 22.7 Å². The number of fused-ring (bicyclic) bond motifs is 1. The molecule has 0 bridgehead atoms. The molecule has 2 aromatic rings. The smallest absolute Gasteiger partial charge is 0.202 e. The molecule has 84 valence electrons. The molecular formula is C13H15NOS. The van der Waals surface area contributed by atoms with Crippen molar-refractivity contribution in [3.8, 4) is 0 Å². The van der Waals surface area contributed by atoms with Crippen molar-refractivity contribution in [1.82, 2.24) is 4.57 Å². The van der Waals surface area contributed by atoms with Gasteiger partial charge in [-0.3, -0.25) is 4.79 Å². The Labute approximate surface area is 99.3 Å². The van der Waals surface area contributed by atoms with Gasteiger partial charge < -0.3 is 4.57 Å². The fourth-order valence-corrected chi connectivity index (χ4v) is 2.69. The zero-order valence-corrected chi connectivity index (χ0v) is 10.5. The van der Waals surface area contributed by atoms with E-state index in [1.165, 1.54) is 0 Å². The van der Waals surface area contributed by atoms with Gasteiger partial charge in [0.1, 0.15) is 0 Å². The molecule has 2 nitrogen and oxygen atoms in total. The summed E-state index contributed by atoms with van der Waals surface area (Å²) in [5.74, 6) is 0. The van der Waals surface area contributed by atoms with Gasteiger partial charge in [0.2, 0.25) is 5.43 Å². The third-order valence-corrected chi connectivity index (χ3v) is 3.44. The third-order valence-electron chi connectivity index (χ3n) is 2.43. The summed E-state index contributed by atoms with van der Waals surface area (Å²) in [5, 5.41) is 1.23. The number of hydrogen-bond acceptors (Lipinski definition) is 2. The Kier molecular flexibility index (Phi) is 3.06. The maximum atomic E-state index is 12.2. The topological polar surface area (TPSA) is 22.0 Å². The van der Waals surface area contributed by atoms with Crippen molar-refractivity contribution in [3.05, 3.63) is 40.7 Å². The second-order valence-electron chi connectivity index (χ2n) is 4.12. The number of thioether (sulfide) groups is 1. The highest BCUT2D eigenvalue weighted by molar-refractivity contribution is 7.99. The van der Waals surface area contributed by atoms with Gasteiger partial charge in [-0.25, -0.2) is 0 Å². The molecule has 1 aromatic heterocycles. The van der Waals surface area contributed by atoms with E-state index in [9.17, 15) is 4.79 Å². The minimum atomic E-state index is 0.146. The largest absolute Gasteiger partial charge is 0.349 e. The Morgan fingerprint density at radius 2 is 1.94 bits per heavy atom. The van der Waals surface area contributed by atoms with Crippen LogP contribution in [0.2, 0.25) is 0 Å². The van der Waals surface area contributed by atoms with Crippen molar-refractivity contribution in [2.24, 2.45) is 7.05 Å². The van der Waals surface area contributed by atoms with E-state index in [2.05, 4.69) is 13.8 Å². The molecule has 3 heteroatoms. The maximum absolute atomic E-state index is 12.2. The van der Waals surface area contributed by atoms with E-state index < -0.39 is 0 Å². The molecule has 0 spiro atoms. The predicted molar refractivity (Wildman–Crippen MR) is 70.2 cm³/mol. The number of benzene rings is 1. The minimum absolute atomic E-state index is 0.146. The van der Waals surface area contributed by atoms with Crippen LogP contribution in [0.4, 0.5) is 0 Å². The first-order chi connectivity index (χ1) is 7.59. The first kappa shape index (κ1) is 11.3. The standard InChI is InChI=1S/C13H15NOS/c1-9(2)16-12-8-14(3)11-7-5-4-6-10(11)13(12)15/h4-9H,1-3H3. The van der Waals surface area contributed by atoms with Gasteiger partial charge in [0.05, 0.1) is 10.4 Å². The zero-order chi connectivity index (χ0) is 11.7. The van der Waals surface area contributed by atoms with Crippen LogP contribution in [0.5, 0.6) is 0 Å². The van der Waals surface area contributed by atoms with Crippen molar-refractivity contribution in [2.45, 2.75) is 24.0 Å². The second kappa shape index (κ2) is 4.34. The van der Waals surface area contributed by atoms with Crippen LogP contribution in [0.15, 0.2) is 40.2 Å². The van der Waals surface area contributed by atoms with E-state index >= 15 is 0 Å². The summed E-state index contributed by atoms with van der Waals surface area (Å²) < 4.78 is 2.02. The molecule has 0 amide bonds. The van der Waals surface area contributed by atoms with Gasteiger partial charge in [-0.05, 0) is 12.1 Å². The quantitative estimate of drug-likeness (QED) is 0.744. The summed E-state index contributed by atoms with van der Waals surface area (Å²) in [6.07, 6.45) is 1.93. The Bertz CT molecular complexity index is 572. The van der Waals surface area contributed by atoms with E-state index in [0.717, 1.165) is 15.8 Å². The summed E-state index contributed by atoms with van der Waals surface area (Å²) in [7, 11) is 1.98. The lowest BCUT2D eigenvalue weighted by molar-refractivity contribution is 0.922. The Hall–Kier alpha value is -1.22. The lowest BCUT2D eigenvalue weighted by atomic mass is 10.2. The average molecular weight is 233 g/mol. The molecule has 0 aliphatic carbocycles. The molecule has 0 atom stereocenters. The fourth-order valence-electron chi connectivity index (χ4n) is 1.75. The Morgan fingerprint density at radius 3 is 2.62 bits per heavy atom. The van der Waals surface area contributed by atoms with E-state index in [1.807, 2.05) is 42.1 Å². The van der Waals surface area contributed by atoms with Crippen LogP contribution in [0.1, 0.15) is 13.8 Å². The van der Waals surface area contributed by atoms with Crippen LogP contribution < -0.4 is 5.43 Å². The highest BCUT2D eigenvalue weighted by Gasteiger charge is 2.08. The van der Waals surface area contributed by atoms with Gasteiger partial charge in [-0.2, -0.15) is 0 Å². The molecule has 0 saturated carbocycles. The van der Waals surface area contributed by atoms with Crippen molar-refractivity contribution in [3.63, 3.8) is 0 Å². The molecule has 0 saturated heterocycles. The highest BCUT2D eigenvalue weighted by Crippen LogP contribution is 2.21. The van der Waals surface area contributed by atoms with Gasteiger partial charge in [-0.15, -0.1) is 11.8 Å². The average Bonchev–Trinajstić information content (AvgIpc) is 2.25. The van der Waals surface area contributed by atoms with Gasteiger partial charge in [-0.1, -0.05) is 26.0 Å². The third kappa shape index (κ3) is 2.00. The Balaban J connectivity index is 2.71. The van der Waals surface area contributed by atoms with Crippen molar-refractivity contribution in [1.29, 1.82) is 0 Å². The second-order valence-corrected chi connectivity index (χ2v) is 5.74. The van der Waals surface area contributed by atoms with Crippen LogP contribution >= 0.6 is 11.8 Å². The summed E-state index contributed by atoms with van der Waals surface area (Å²) in [6, 6.07) is 7.73. The van der Waals surface area contributed by atoms with Gasteiger partial charge in [0.15, 0.2) is 0 Å². The number of rotatable bonds is 2.